The molecule has 3 heteroatoms. The second-order valence-corrected chi connectivity index (χ2v) is 5.49. The highest BCUT2D eigenvalue weighted by molar-refractivity contribution is 5.84. The van der Waals surface area contributed by atoms with E-state index in [1.165, 1.54) is 22.2 Å². The topological polar surface area (TPSA) is 48.0 Å². The summed E-state index contributed by atoms with van der Waals surface area (Å²) in [5, 5.41) is 13.8. The van der Waals surface area contributed by atoms with Crippen molar-refractivity contribution in [3.8, 4) is 0 Å². The molecular formula is C15H22N2O. The maximum atomic E-state index is 9.04. The second-order valence-electron chi connectivity index (χ2n) is 5.49. The lowest BCUT2D eigenvalue weighted by molar-refractivity contribution is 0.230. The molecule has 98 valence electrons. The van der Waals surface area contributed by atoms with Crippen LogP contribution in [-0.4, -0.2) is 22.2 Å². The molecule has 0 saturated carbocycles. The first-order chi connectivity index (χ1) is 8.53. The first-order valence-corrected chi connectivity index (χ1v) is 6.45. The van der Waals surface area contributed by atoms with E-state index >= 15 is 0 Å². The lowest BCUT2D eigenvalue weighted by Gasteiger charge is -2.25. The summed E-state index contributed by atoms with van der Waals surface area (Å²) in [6.45, 7) is 7.38. The Balaban J connectivity index is 2.19. The molecule has 1 aromatic heterocycles. The first-order valence-electron chi connectivity index (χ1n) is 6.45. The third kappa shape index (κ3) is 2.74. The number of nitrogens with one attached hydrogen (secondary N) is 2. The molecule has 1 heterocycles. The van der Waals surface area contributed by atoms with Gasteiger partial charge in [-0.25, -0.2) is 0 Å². The zero-order valence-corrected chi connectivity index (χ0v) is 11.4. The van der Waals surface area contributed by atoms with Gasteiger partial charge in [0.25, 0.3) is 0 Å². The van der Waals surface area contributed by atoms with Gasteiger partial charge in [-0.1, -0.05) is 18.2 Å². The number of hydrogen-bond acceptors (Lipinski definition) is 2. The van der Waals surface area contributed by atoms with E-state index in [0.29, 0.717) is 0 Å². The Morgan fingerprint density at radius 3 is 2.72 bits per heavy atom. The minimum absolute atomic E-state index is 0.0421. The molecule has 0 aliphatic rings. The van der Waals surface area contributed by atoms with E-state index in [1.54, 1.807) is 0 Å². The predicted molar refractivity (Wildman–Crippen MR) is 75.7 cm³/mol. The van der Waals surface area contributed by atoms with Crippen LogP contribution in [0, 0.1) is 6.92 Å². The van der Waals surface area contributed by atoms with E-state index in [-0.39, 0.29) is 12.1 Å². The lowest BCUT2D eigenvalue weighted by atomic mass is 10.0. The molecule has 0 unspecified atom stereocenters. The normalized spacial score (nSPS) is 12.2. The number of para-hydroxylation sites is 1. The van der Waals surface area contributed by atoms with Crippen LogP contribution in [0.1, 0.15) is 31.5 Å². The molecule has 0 spiro atoms. The van der Waals surface area contributed by atoms with Gasteiger partial charge in [-0.15, -0.1) is 0 Å². The van der Waals surface area contributed by atoms with Crippen molar-refractivity contribution in [2.75, 3.05) is 6.61 Å². The number of rotatable bonds is 5. The van der Waals surface area contributed by atoms with Gasteiger partial charge in [0.15, 0.2) is 0 Å². The van der Waals surface area contributed by atoms with Gasteiger partial charge >= 0.3 is 0 Å². The summed E-state index contributed by atoms with van der Waals surface area (Å²) in [5.74, 6) is 0. The van der Waals surface area contributed by atoms with Crippen LogP contribution in [0.4, 0.5) is 0 Å². The van der Waals surface area contributed by atoms with Gasteiger partial charge in [-0.3, -0.25) is 0 Å². The highest BCUT2D eigenvalue weighted by Gasteiger charge is 2.17. The van der Waals surface area contributed by atoms with Gasteiger partial charge in [-0.05, 0) is 38.8 Å². The Hall–Kier alpha value is -1.32. The van der Waals surface area contributed by atoms with E-state index in [0.717, 1.165) is 13.0 Å². The van der Waals surface area contributed by atoms with E-state index in [4.69, 9.17) is 5.11 Å². The largest absolute Gasteiger partial charge is 0.396 e. The number of H-pyrrole nitrogens is 1. The zero-order valence-electron chi connectivity index (χ0n) is 11.4. The molecule has 2 aromatic rings. The summed E-state index contributed by atoms with van der Waals surface area (Å²) in [5.41, 5.74) is 3.67. The second kappa shape index (κ2) is 5.12. The van der Waals surface area contributed by atoms with Crippen LogP contribution in [-0.2, 0) is 6.54 Å². The van der Waals surface area contributed by atoms with Crippen molar-refractivity contribution in [1.82, 2.24) is 10.3 Å². The number of hydrogen-bond donors (Lipinski definition) is 3. The summed E-state index contributed by atoms with van der Waals surface area (Å²) in [6.07, 6.45) is 0.758. The molecule has 0 atom stereocenters. The van der Waals surface area contributed by atoms with Crippen LogP contribution in [0.15, 0.2) is 24.3 Å². The lowest BCUT2D eigenvalue weighted by Crippen LogP contribution is -2.39. The van der Waals surface area contributed by atoms with Crippen LogP contribution in [0.25, 0.3) is 10.9 Å². The van der Waals surface area contributed by atoms with Crippen LogP contribution < -0.4 is 5.32 Å². The van der Waals surface area contributed by atoms with Crippen LogP contribution in [0.3, 0.4) is 0 Å². The Morgan fingerprint density at radius 2 is 2.00 bits per heavy atom. The summed E-state index contributed by atoms with van der Waals surface area (Å²) in [7, 11) is 0. The SMILES string of the molecule is Cc1[nH]c2ccccc2c1CNC(C)(C)CCO. The summed E-state index contributed by atoms with van der Waals surface area (Å²) in [4.78, 5) is 3.41. The van der Waals surface area contributed by atoms with Crippen molar-refractivity contribution < 1.29 is 5.11 Å². The number of aliphatic hydroxyl groups excluding tert-OH is 1. The van der Waals surface area contributed by atoms with Gasteiger partial charge in [-0.2, -0.15) is 0 Å². The fraction of sp³-hybridized carbons (Fsp3) is 0.467. The summed E-state index contributed by atoms with van der Waals surface area (Å²) in [6, 6.07) is 8.36. The molecule has 0 radical (unpaired) electrons. The smallest absolute Gasteiger partial charge is 0.0459 e. The Kier molecular flexibility index (Phi) is 3.73. The Bertz CT molecular complexity index is 528. The Morgan fingerprint density at radius 1 is 1.28 bits per heavy atom. The van der Waals surface area contributed by atoms with Crippen LogP contribution in [0.2, 0.25) is 0 Å². The number of aromatic amines is 1. The van der Waals surface area contributed by atoms with E-state index in [9.17, 15) is 0 Å². The molecule has 3 N–H and O–H groups in total. The van der Waals surface area contributed by atoms with Gasteiger partial charge < -0.3 is 15.4 Å². The average Bonchev–Trinajstić information content (AvgIpc) is 2.62. The van der Waals surface area contributed by atoms with Crippen molar-refractivity contribution in [2.45, 2.75) is 39.3 Å². The molecule has 1 aromatic carbocycles. The minimum Gasteiger partial charge on any atom is -0.396 e. The van der Waals surface area contributed by atoms with Gasteiger partial charge in [0.1, 0.15) is 0 Å². The third-order valence-corrected chi connectivity index (χ3v) is 3.51. The average molecular weight is 246 g/mol. The van der Waals surface area contributed by atoms with Crippen molar-refractivity contribution in [1.29, 1.82) is 0 Å². The summed E-state index contributed by atoms with van der Waals surface area (Å²) >= 11 is 0. The quantitative estimate of drug-likeness (QED) is 0.759. The summed E-state index contributed by atoms with van der Waals surface area (Å²) < 4.78 is 0. The number of aromatic nitrogens is 1. The molecule has 0 bridgehead atoms. The van der Waals surface area contributed by atoms with Crippen molar-refractivity contribution in [2.24, 2.45) is 0 Å². The standard InChI is InChI=1S/C15H22N2O/c1-11-13(10-16-15(2,3)8-9-18)12-6-4-5-7-14(12)17-11/h4-7,16-18H,8-10H2,1-3H3. The highest BCUT2D eigenvalue weighted by atomic mass is 16.3. The maximum absolute atomic E-state index is 9.04. The highest BCUT2D eigenvalue weighted by Crippen LogP contribution is 2.22. The molecule has 0 saturated heterocycles. The molecular weight excluding hydrogens is 224 g/mol. The first kappa shape index (κ1) is 13.1. The van der Waals surface area contributed by atoms with Crippen molar-refractivity contribution in [3.05, 3.63) is 35.5 Å². The van der Waals surface area contributed by atoms with Gasteiger partial charge in [0, 0.05) is 35.3 Å². The molecule has 0 aliphatic heterocycles. The predicted octanol–water partition coefficient (Wildman–Crippen LogP) is 2.73. The molecule has 0 fully saturated rings. The number of benzene rings is 1. The molecule has 18 heavy (non-hydrogen) atoms. The van der Waals surface area contributed by atoms with Gasteiger partial charge in [0.05, 0.1) is 0 Å². The van der Waals surface area contributed by atoms with E-state index in [2.05, 4.69) is 49.3 Å². The number of aliphatic hydroxyl groups is 1. The maximum Gasteiger partial charge on any atom is 0.0459 e. The molecule has 3 nitrogen and oxygen atoms in total. The van der Waals surface area contributed by atoms with Gasteiger partial charge in [0.2, 0.25) is 0 Å². The van der Waals surface area contributed by atoms with Crippen molar-refractivity contribution in [3.63, 3.8) is 0 Å². The fourth-order valence-corrected chi connectivity index (χ4v) is 2.26. The van der Waals surface area contributed by atoms with Crippen LogP contribution >= 0.6 is 0 Å². The zero-order chi connectivity index (χ0) is 13.2. The van der Waals surface area contributed by atoms with E-state index < -0.39 is 0 Å². The van der Waals surface area contributed by atoms with Crippen LogP contribution in [0.5, 0.6) is 0 Å². The van der Waals surface area contributed by atoms with Crippen molar-refractivity contribution >= 4 is 10.9 Å². The number of fused-ring (bicyclic) bond motifs is 1. The third-order valence-electron chi connectivity index (χ3n) is 3.51. The minimum atomic E-state index is -0.0421. The number of aryl methyl sites for hydroxylation is 1. The molecule has 2 rings (SSSR count). The molecule has 0 amide bonds. The molecule has 0 aliphatic carbocycles. The van der Waals surface area contributed by atoms with E-state index in [1.807, 2.05) is 6.07 Å². The Labute approximate surface area is 108 Å². The fourth-order valence-electron chi connectivity index (χ4n) is 2.26. The monoisotopic (exact) mass is 246 g/mol.